The largest absolute Gasteiger partial charge is 0.431 e. The molecule has 0 aliphatic carbocycles. The van der Waals surface area contributed by atoms with Gasteiger partial charge in [0.1, 0.15) is 11.6 Å². The fraction of sp³-hybridized carbons (Fsp3) is 0.438. The Bertz CT molecular complexity index is 753. The minimum atomic E-state index is -2.97. The van der Waals surface area contributed by atoms with Gasteiger partial charge in [-0.05, 0) is 6.07 Å². The van der Waals surface area contributed by atoms with E-state index in [9.17, 15) is 8.78 Å². The van der Waals surface area contributed by atoms with Gasteiger partial charge in [0.2, 0.25) is 0 Å². The van der Waals surface area contributed by atoms with Crippen LogP contribution in [0.5, 0.6) is 5.75 Å². The number of hydrogen-bond donors (Lipinski definition) is 1. The van der Waals surface area contributed by atoms with E-state index in [0.29, 0.717) is 23.5 Å². The molecule has 0 atom stereocenters. The Kier molecular flexibility index (Phi) is 4.93. The molecule has 0 aromatic carbocycles. The van der Waals surface area contributed by atoms with Crippen LogP contribution in [-0.2, 0) is 11.2 Å². The Labute approximate surface area is 143 Å². The SMILES string of the molecule is CCc1nc(-c2cnc(N)c(OC(F)F)c2)cc(N2CC(OC)C2)n1. The Morgan fingerprint density at radius 2 is 2.08 bits per heavy atom. The molecule has 1 aliphatic rings. The third-order valence-electron chi connectivity index (χ3n) is 3.97. The second-order valence-corrected chi connectivity index (χ2v) is 5.63. The number of methoxy groups -OCH3 is 1. The van der Waals surface area contributed by atoms with E-state index < -0.39 is 6.61 Å². The van der Waals surface area contributed by atoms with Gasteiger partial charge in [-0.1, -0.05) is 6.92 Å². The number of aryl methyl sites for hydroxylation is 1. The minimum absolute atomic E-state index is 0.0975. The predicted molar refractivity (Wildman–Crippen MR) is 88.7 cm³/mol. The number of alkyl halides is 2. The summed E-state index contributed by atoms with van der Waals surface area (Å²) in [6.07, 6.45) is 2.31. The molecule has 2 N–H and O–H groups in total. The number of nitrogen functional groups attached to an aromatic ring is 1. The third-order valence-corrected chi connectivity index (χ3v) is 3.97. The van der Waals surface area contributed by atoms with Crippen molar-refractivity contribution >= 4 is 11.6 Å². The first-order valence-electron chi connectivity index (χ1n) is 7.86. The molecule has 2 aromatic heterocycles. The van der Waals surface area contributed by atoms with E-state index >= 15 is 0 Å². The van der Waals surface area contributed by atoms with Gasteiger partial charge in [0.05, 0.1) is 11.8 Å². The molecule has 0 saturated carbocycles. The van der Waals surface area contributed by atoms with Gasteiger partial charge >= 0.3 is 6.61 Å². The van der Waals surface area contributed by atoms with Crippen molar-refractivity contribution in [3.8, 4) is 17.0 Å². The van der Waals surface area contributed by atoms with E-state index in [1.807, 2.05) is 6.92 Å². The molecule has 2 aromatic rings. The molecule has 3 rings (SSSR count). The lowest BCUT2D eigenvalue weighted by atomic mass is 10.1. The molecule has 0 amide bonds. The van der Waals surface area contributed by atoms with Crippen molar-refractivity contribution in [2.24, 2.45) is 0 Å². The van der Waals surface area contributed by atoms with Crippen molar-refractivity contribution in [2.45, 2.75) is 26.1 Å². The van der Waals surface area contributed by atoms with E-state index in [2.05, 4.69) is 24.6 Å². The maximum absolute atomic E-state index is 12.5. The lowest BCUT2D eigenvalue weighted by Crippen LogP contribution is -2.52. The van der Waals surface area contributed by atoms with E-state index in [0.717, 1.165) is 18.9 Å². The van der Waals surface area contributed by atoms with Crippen LogP contribution in [0.25, 0.3) is 11.3 Å². The van der Waals surface area contributed by atoms with Gasteiger partial charge in [0, 0.05) is 44.4 Å². The van der Waals surface area contributed by atoms with Crippen LogP contribution in [0.4, 0.5) is 20.4 Å². The highest BCUT2D eigenvalue weighted by molar-refractivity contribution is 5.66. The summed E-state index contributed by atoms with van der Waals surface area (Å²) < 4.78 is 34.7. The van der Waals surface area contributed by atoms with E-state index in [-0.39, 0.29) is 17.7 Å². The molecule has 1 aliphatic heterocycles. The lowest BCUT2D eigenvalue weighted by molar-refractivity contribution is -0.0494. The summed E-state index contributed by atoms with van der Waals surface area (Å²) in [5, 5.41) is 0. The topological polar surface area (TPSA) is 86.4 Å². The Balaban J connectivity index is 1.94. The summed E-state index contributed by atoms with van der Waals surface area (Å²) in [6.45, 7) is 0.466. The van der Waals surface area contributed by atoms with Crippen molar-refractivity contribution in [2.75, 3.05) is 30.8 Å². The highest BCUT2D eigenvalue weighted by Gasteiger charge is 2.28. The maximum Gasteiger partial charge on any atom is 0.387 e. The molecule has 0 unspecified atom stereocenters. The van der Waals surface area contributed by atoms with Crippen LogP contribution in [0.3, 0.4) is 0 Å². The molecular formula is C16H19F2N5O2. The number of anilines is 2. The number of hydrogen-bond acceptors (Lipinski definition) is 7. The summed E-state index contributed by atoms with van der Waals surface area (Å²) in [4.78, 5) is 15.0. The molecule has 7 nitrogen and oxygen atoms in total. The van der Waals surface area contributed by atoms with Gasteiger partial charge in [0.25, 0.3) is 0 Å². The molecule has 1 saturated heterocycles. The van der Waals surface area contributed by atoms with Gasteiger partial charge in [-0.15, -0.1) is 0 Å². The number of aromatic nitrogens is 3. The zero-order chi connectivity index (χ0) is 18.0. The molecule has 0 spiro atoms. The molecule has 1 fully saturated rings. The first-order valence-corrected chi connectivity index (χ1v) is 7.86. The molecule has 0 radical (unpaired) electrons. The highest BCUT2D eigenvalue weighted by Crippen LogP contribution is 2.30. The fourth-order valence-electron chi connectivity index (χ4n) is 2.51. The lowest BCUT2D eigenvalue weighted by Gasteiger charge is -2.39. The highest BCUT2D eigenvalue weighted by atomic mass is 19.3. The van der Waals surface area contributed by atoms with Crippen molar-refractivity contribution in [3.63, 3.8) is 0 Å². The predicted octanol–water partition coefficient (Wildman–Crippen LogP) is 2.12. The van der Waals surface area contributed by atoms with Crippen LogP contribution in [0.1, 0.15) is 12.7 Å². The van der Waals surface area contributed by atoms with E-state index in [1.165, 1.54) is 12.3 Å². The number of pyridine rings is 1. The second kappa shape index (κ2) is 7.14. The zero-order valence-electron chi connectivity index (χ0n) is 13.9. The van der Waals surface area contributed by atoms with Gasteiger partial charge in [-0.2, -0.15) is 8.78 Å². The zero-order valence-corrected chi connectivity index (χ0v) is 13.9. The Morgan fingerprint density at radius 1 is 1.32 bits per heavy atom. The first kappa shape index (κ1) is 17.3. The smallest absolute Gasteiger partial charge is 0.387 e. The molecule has 134 valence electrons. The average molecular weight is 351 g/mol. The summed E-state index contributed by atoms with van der Waals surface area (Å²) in [7, 11) is 1.68. The van der Waals surface area contributed by atoms with E-state index in [4.69, 9.17) is 10.5 Å². The van der Waals surface area contributed by atoms with Crippen LogP contribution in [0, 0.1) is 0 Å². The molecule has 25 heavy (non-hydrogen) atoms. The van der Waals surface area contributed by atoms with Gasteiger partial charge in [-0.25, -0.2) is 15.0 Å². The first-order chi connectivity index (χ1) is 12.0. The Morgan fingerprint density at radius 3 is 2.72 bits per heavy atom. The van der Waals surface area contributed by atoms with Crippen molar-refractivity contribution in [1.82, 2.24) is 15.0 Å². The molecule has 9 heteroatoms. The fourth-order valence-corrected chi connectivity index (χ4v) is 2.51. The van der Waals surface area contributed by atoms with Gasteiger partial charge in [0.15, 0.2) is 11.6 Å². The molecule has 0 bridgehead atoms. The minimum Gasteiger partial charge on any atom is -0.431 e. The van der Waals surface area contributed by atoms with Crippen LogP contribution in [-0.4, -0.2) is 47.9 Å². The van der Waals surface area contributed by atoms with Crippen molar-refractivity contribution in [3.05, 3.63) is 24.2 Å². The number of nitrogens with two attached hydrogens (primary N) is 1. The van der Waals surface area contributed by atoms with Crippen molar-refractivity contribution in [1.29, 1.82) is 0 Å². The van der Waals surface area contributed by atoms with Crippen LogP contribution in [0.15, 0.2) is 18.3 Å². The summed E-state index contributed by atoms with van der Waals surface area (Å²) in [5.74, 6) is 1.15. The summed E-state index contributed by atoms with van der Waals surface area (Å²) in [5.41, 5.74) is 6.70. The molecular weight excluding hydrogens is 332 g/mol. The number of halogens is 2. The number of rotatable bonds is 6. The normalized spacial score (nSPS) is 14.7. The second-order valence-electron chi connectivity index (χ2n) is 5.63. The average Bonchev–Trinajstić information content (AvgIpc) is 2.55. The molecule has 3 heterocycles. The van der Waals surface area contributed by atoms with Crippen LogP contribution in [0.2, 0.25) is 0 Å². The van der Waals surface area contributed by atoms with Gasteiger partial charge in [-0.3, -0.25) is 0 Å². The Hall–Kier alpha value is -2.55. The maximum atomic E-state index is 12.5. The van der Waals surface area contributed by atoms with Crippen LogP contribution < -0.4 is 15.4 Å². The van der Waals surface area contributed by atoms with Crippen LogP contribution >= 0.6 is 0 Å². The number of ether oxygens (including phenoxy) is 2. The number of nitrogens with zero attached hydrogens (tertiary/aromatic N) is 4. The van der Waals surface area contributed by atoms with Crippen molar-refractivity contribution < 1.29 is 18.3 Å². The summed E-state index contributed by atoms with van der Waals surface area (Å²) in [6, 6.07) is 3.21. The standard InChI is InChI=1S/C16H19F2N5O2/c1-3-13-21-11(5-14(22-13)23-7-10(8-23)24-2)9-4-12(25-16(17)18)15(19)20-6-9/h4-6,10,16H,3,7-8H2,1-2H3,(H2,19,20). The third kappa shape index (κ3) is 3.76. The van der Waals surface area contributed by atoms with E-state index in [1.54, 1.807) is 13.2 Å². The van der Waals surface area contributed by atoms with Gasteiger partial charge < -0.3 is 20.1 Å². The summed E-state index contributed by atoms with van der Waals surface area (Å²) >= 11 is 0. The quantitative estimate of drug-likeness (QED) is 0.853. The monoisotopic (exact) mass is 351 g/mol.